The van der Waals surface area contributed by atoms with Crippen molar-refractivity contribution in [2.45, 2.75) is 18.4 Å². The van der Waals surface area contributed by atoms with Gasteiger partial charge in [0.1, 0.15) is 17.4 Å². The van der Waals surface area contributed by atoms with E-state index in [2.05, 4.69) is 32.0 Å². The van der Waals surface area contributed by atoms with Crippen LogP contribution in [-0.4, -0.2) is 33.1 Å². The Morgan fingerprint density at radius 1 is 0.923 bits per heavy atom. The second-order valence-corrected chi connectivity index (χ2v) is 6.98. The van der Waals surface area contributed by atoms with E-state index in [-0.39, 0.29) is 0 Å². The molecule has 0 spiro atoms. The molecule has 2 N–H and O–H groups in total. The summed E-state index contributed by atoms with van der Waals surface area (Å²) in [5.41, 5.74) is 3.23. The summed E-state index contributed by atoms with van der Waals surface area (Å²) < 4.78 is 0. The van der Waals surface area contributed by atoms with Gasteiger partial charge in [0.15, 0.2) is 5.82 Å². The molecule has 26 heavy (non-hydrogen) atoms. The van der Waals surface area contributed by atoms with E-state index in [0.717, 1.165) is 46.4 Å². The van der Waals surface area contributed by atoms with Crippen molar-refractivity contribution < 1.29 is 5.11 Å². The Bertz CT molecular complexity index is 1070. The minimum absolute atomic E-state index is 0.683. The molecule has 0 atom stereocenters. The molecule has 2 aromatic carbocycles. The van der Waals surface area contributed by atoms with Gasteiger partial charge in [-0.25, -0.2) is 9.97 Å². The fourth-order valence-corrected chi connectivity index (χ4v) is 3.99. The van der Waals surface area contributed by atoms with Crippen molar-refractivity contribution in [1.29, 1.82) is 0 Å². The van der Waals surface area contributed by atoms with Crippen LogP contribution in [0.5, 0.6) is 0 Å². The van der Waals surface area contributed by atoms with Gasteiger partial charge in [-0.05, 0) is 24.5 Å². The zero-order valence-corrected chi connectivity index (χ0v) is 14.4. The molecular weight excluding hydrogens is 324 g/mol. The summed E-state index contributed by atoms with van der Waals surface area (Å²) in [7, 11) is 0. The molecule has 130 valence electrons. The highest BCUT2D eigenvalue weighted by Gasteiger charge is 2.34. The van der Waals surface area contributed by atoms with Crippen LogP contribution in [0.1, 0.15) is 18.4 Å². The first-order valence-corrected chi connectivity index (χ1v) is 8.99. The Morgan fingerprint density at radius 3 is 2.46 bits per heavy atom. The monoisotopic (exact) mass is 344 g/mol. The highest BCUT2D eigenvalue weighted by Crippen LogP contribution is 2.36. The van der Waals surface area contributed by atoms with Crippen LogP contribution < -0.4 is 4.90 Å². The number of piperidine rings is 1. The number of nitrogens with one attached hydrogen (secondary N) is 1. The second-order valence-electron chi connectivity index (χ2n) is 6.98. The van der Waals surface area contributed by atoms with Gasteiger partial charge < -0.3 is 15.0 Å². The Hall–Kier alpha value is -2.92. The molecule has 3 heterocycles. The maximum atomic E-state index is 11.1. The number of rotatable bonds is 2. The maximum absolute atomic E-state index is 11.1. The summed E-state index contributed by atoms with van der Waals surface area (Å²) in [6, 6.07) is 18.2. The van der Waals surface area contributed by atoms with Gasteiger partial charge in [0.05, 0.1) is 5.60 Å². The lowest BCUT2D eigenvalue weighted by Crippen LogP contribution is -2.43. The Balaban J connectivity index is 1.49. The van der Waals surface area contributed by atoms with Crippen molar-refractivity contribution in [3.05, 3.63) is 66.5 Å². The van der Waals surface area contributed by atoms with Gasteiger partial charge in [-0.1, -0.05) is 48.5 Å². The zero-order chi connectivity index (χ0) is 17.6. The van der Waals surface area contributed by atoms with Crippen LogP contribution in [0.3, 0.4) is 0 Å². The molecule has 0 bridgehead atoms. The number of hydrogen-bond donors (Lipinski definition) is 2. The van der Waals surface area contributed by atoms with E-state index < -0.39 is 5.60 Å². The van der Waals surface area contributed by atoms with Crippen LogP contribution in [0.4, 0.5) is 5.82 Å². The number of aliphatic hydroxyl groups is 1. The smallest absolute Gasteiger partial charge is 0.156 e. The Kier molecular flexibility index (Phi) is 3.43. The van der Waals surface area contributed by atoms with E-state index in [4.69, 9.17) is 0 Å². The summed E-state index contributed by atoms with van der Waals surface area (Å²) in [5, 5.41) is 12.2. The number of aromatic amines is 1. The molecule has 4 aromatic rings. The highest BCUT2D eigenvalue weighted by atomic mass is 16.3. The standard InChI is InChI=1S/C21H20N4O/c26-21(15-6-2-1-3-7-15)10-12-25(13-11-21)20-19-18(22-14-23-20)16-8-4-5-9-17(16)24-19/h1-9,14,24,26H,10-13H2. The third-order valence-electron chi connectivity index (χ3n) is 5.47. The molecule has 0 amide bonds. The second kappa shape index (κ2) is 5.81. The lowest BCUT2D eigenvalue weighted by molar-refractivity contribution is 0.0117. The molecule has 5 nitrogen and oxygen atoms in total. The largest absolute Gasteiger partial charge is 0.385 e. The first-order valence-electron chi connectivity index (χ1n) is 8.99. The van der Waals surface area contributed by atoms with Gasteiger partial charge in [0.2, 0.25) is 0 Å². The van der Waals surface area contributed by atoms with Crippen molar-refractivity contribution in [2.75, 3.05) is 18.0 Å². The Morgan fingerprint density at radius 2 is 1.65 bits per heavy atom. The molecule has 5 rings (SSSR count). The molecule has 1 fully saturated rings. The third kappa shape index (κ3) is 2.35. The fraction of sp³-hybridized carbons (Fsp3) is 0.238. The zero-order valence-electron chi connectivity index (χ0n) is 14.4. The van der Waals surface area contributed by atoms with Crippen LogP contribution in [0.25, 0.3) is 21.9 Å². The predicted molar refractivity (Wildman–Crippen MR) is 103 cm³/mol. The van der Waals surface area contributed by atoms with Gasteiger partial charge in [-0.3, -0.25) is 0 Å². The van der Waals surface area contributed by atoms with Crippen LogP contribution in [0, 0.1) is 0 Å². The van der Waals surface area contributed by atoms with Crippen LogP contribution in [-0.2, 0) is 5.60 Å². The van der Waals surface area contributed by atoms with Gasteiger partial charge in [0, 0.05) is 24.0 Å². The quantitative estimate of drug-likeness (QED) is 0.583. The van der Waals surface area contributed by atoms with E-state index in [1.165, 1.54) is 0 Å². The molecule has 5 heteroatoms. The van der Waals surface area contributed by atoms with E-state index >= 15 is 0 Å². The molecule has 2 aromatic heterocycles. The van der Waals surface area contributed by atoms with Crippen LogP contribution in [0.2, 0.25) is 0 Å². The van der Waals surface area contributed by atoms with Gasteiger partial charge in [-0.2, -0.15) is 0 Å². The summed E-state index contributed by atoms with van der Waals surface area (Å²) in [4.78, 5) is 14.7. The first kappa shape index (κ1) is 15.3. The Labute approximate surface area is 151 Å². The number of benzene rings is 2. The lowest BCUT2D eigenvalue weighted by Gasteiger charge is -2.39. The number of H-pyrrole nitrogens is 1. The topological polar surface area (TPSA) is 65.0 Å². The minimum Gasteiger partial charge on any atom is -0.385 e. The maximum Gasteiger partial charge on any atom is 0.156 e. The summed E-state index contributed by atoms with van der Waals surface area (Å²) in [5.74, 6) is 0.918. The van der Waals surface area contributed by atoms with E-state index in [0.29, 0.717) is 12.8 Å². The van der Waals surface area contributed by atoms with Crippen molar-refractivity contribution in [3.63, 3.8) is 0 Å². The molecule has 1 aliphatic heterocycles. The molecule has 1 aliphatic rings. The van der Waals surface area contributed by atoms with Crippen molar-refractivity contribution in [2.24, 2.45) is 0 Å². The summed E-state index contributed by atoms with van der Waals surface area (Å²) >= 11 is 0. The fourth-order valence-electron chi connectivity index (χ4n) is 3.99. The molecule has 0 saturated carbocycles. The van der Waals surface area contributed by atoms with Crippen LogP contribution in [0.15, 0.2) is 60.9 Å². The number of hydrogen-bond acceptors (Lipinski definition) is 4. The van der Waals surface area contributed by atoms with Gasteiger partial charge in [-0.15, -0.1) is 0 Å². The first-order chi connectivity index (χ1) is 12.7. The van der Waals surface area contributed by atoms with Crippen LogP contribution >= 0.6 is 0 Å². The average molecular weight is 344 g/mol. The predicted octanol–water partition coefficient (Wildman–Crippen LogP) is 3.60. The van der Waals surface area contributed by atoms with Gasteiger partial charge in [0.25, 0.3) is 0 Å². The van der Waals surface area contributed by atoms with E-state index in [1.54, 1.807) is 6.33 Å². The van der Waals surface area contributed by atoms with Crippen molar-refractivity contribution in [1.82, 2.24) is 15.0 Å². The minimum atomic E-state index is -0.760. The summed E-state index contributed by atoms with van der Waals surface area (Å²) in [6.45, 7) is 1.51. The van der Waals surface area contributed by atoms with E-state index in [1.807, 2.05) is 42.5 Å². The normalized spacial score (nSPS) is 17.0. The lowest BCUT2D eigenvalue weighted by atomic mass is 9.84. The number of aromatic nitrogens is 3. The highest BCUT2D eigenvalue weighted by molar-refractivity contribution is 6.08. The molecule has 0 radical (unpaired) electrons. The van der Waals surface area contributed by atoms with E-state index in [9.17, 15) is 5.11 Å². The summed E-state index contributed by atoms with van der Waals surface area (Å²) in [6.07, 6.45) is 3.00. The number of para-hydroxylation sites is 1. The molecular formula is C21H20N4O. The molecule has 0 aliphatic carbocycles. The number of fused-ring (bicyclic) bond motifs is 3. The van der Waals surface area contributed by atoms with Gasteiger partial charge >= 0.3 is 0 Å². The number of anilines is 1. The van der Waals surface area contributed by atoms with Crippen molar-refractivity contribution >= 4 is 27.8 Å². The molecule has 1 saturated heterocycles. The molecule has 0 unspecified atom stereocenters. The number of nitrogens with zero attached hydrogens (tertiary/aromatic N) is 3. The average Bonchev–Trinajstić information content (AvgIpc) is 3.08. The SMILES string of the molecule is OC1(c2ccccc2)CCN(c2ncnc3c2[nH]c2ccccc23)CC1. The van der Waals surface area contributed by atoms with Crippen molar-refractivity contribution in [3.8, 4) is 0 Å². The third-order valence-corrected chi connectivity index (χ3v) is 5.47.